The van der Waals surface area contributed by atoms with E-state index < -0.39 is 0 Å². The first-order valence-corrected chi connectivity index (χ1v) is 9.94. The van der Waals surface area contributed by atoms with Gasteiger partial charge in [0.05, 0.1) is 6.54 Å². The summed E-state index contributed by atoms with van der Waals surface area (Å²) in [4.78, 5) is 30.0. The van der Waals surface area contributed by atoms with Gasteiger partial charge in [-0.05, 0) is 25.3 Å². The number of hydrogen-bond donors (Lipinski definition) is 1. The molecule has 1 aliphatic carbocycles. The Labute approximate surface area is 163 Å². The van der Waals surface area contributed by atoms with Gasteiger partial charge in [0.15, 0.2) is 11.2 Å². The lowest BCUT2D eigenvalue weighted by molar-refractivity contribution is 0.459. The van der Waals surface area contributed by atoms with Gasteiger partial charge in [-0.2, -0.15) is 4.98 Å². The van der Waals surface area contributed by atoms with Crippen molar-refractivity contribution in [2.75, 3.05) is 5.32 Å². The van der Waals surface area contributed by atoms with Gasteiger partial charge in [-0.3, -0.25) is 18.5 Å². The second-order valence-corrected chi connectivity index (χ2v) is 7.86. The molecule has 7 heteroatoms. The van der Waals surface area contributed by atoms with Crippen molar-refractivity contribution in [3.05, 3.63) is 56.2 Å². The van der Waals surface area contributed by atoms with Gasteiger partial charge in [0.1, 0.15) is 0 Å². The zero-order chi connectivity index (χ0) is 19.8. The third kappa shape index (κ3) is 3.25. The molecule has 2 heterocycles. The van der Waals surface area contributed by atoms with Crippen molar-refractivity contribution in [3.63, 3.8) is 0 Å². The predicted octanol–water partition coefficient (Wildman–Crippen LogP) is 2.54. The Morgan fingerprint density at radius 2 is 1.71 bits per heavy atom. The van der Waals surface area contributed by atoms with Crippen LogP contribution in [0.25, 0.3) is 11.2 Å². The molecule has 0 amide bonds. The highest BCUT2D eigenvalue weighted by atomic mass is 16.2. The number of aromatic nitrogens is 4. The number of benzene rings is 1. The predicted molar refractivity (Wildman–Crippen MR) is 111 cm³/mol. The molecular weight excluding hydrogens is 354 g/mol. The summed E-state index contributed by atoms with van der Waals surface area (Å²) in [7, 11) is 3.18. The molecule has 148 valence electrons. The van der Waals surface area contributed by atoms with Crippen molar-refractivity contribution in [2.45, 2.75) is 51.6 Å². The Morgan fingerprint density at radius 1 is 1.04 bits per heavy atom. The number of fused-ring (bicyclic) bond motifs is 1. The number of hydrogen-bond acceptors (Lipinski definition) is 4. The van der Waals surface area contributed by atoms with E-state index in [0.717, 1.165) is 23.0 Å². The summed E-state index contributed by atoms with van der Waals surface area (Å²) < 4.78 is 4.53. The first kappa shape index (κ1) is 18.5. The number of nitrogens with one attached hydrogen (secondary N) is 1. The van der Waals surface area contributed by atoms with Gasteiger partial charge < -0.3 is 5.32 Å². The van der Waals surface area contributed by atoms with Crippen molar-refractivity contribution in [2.24, 2.45) is 14.1 Å². The molecule has 28 heavy (non-hydrogen) atoms. The van der Waals surface area contributed by atoms with E-state index in [1.165, 1.54) is 36.4 Å². The molecule has 4 rings (SSSR count). The molecule has 1 aromatic carbocycles. The first-order chi connectivity index (χ1) is 13.5. The summed E-state index contributed by atoms with van der Waals surface area (Å²) in [5.41, 5.74) is 2.50. The Kier molecular flexibility index (Phi) is 4.83. The van der Waals surface area contributed by atoms with E-state index in [0.29, 0.717) is 29.7 Å². The minimum Gasteiger partial charge on any atom is -0.353 e. The van der Waals surface area contributed by atoms with Gasteiger partial charge in [-0.15, -0.1) is 0 Å². The van der Waals surface area contributed by atoms with Gasteiger partial charge in [-0.1, -0.05) is 49.1 Å². The van der Waals surface area contributed by atoms with E-state index in [9.17, 15) is 9.59 Å². The smallest absolute Gasteiger partial charge is 0.332 e. The van der Waals surface area contributed by atoms with Crippen LogP contribution in [0.15, 0.2) is 33.9 Å². The van der Waals surface area contributed by atoms with Crippen molar-refractivity contribution in [3.8, 4) is 0 Å². The van der Waals surface area contributed by atoms with Gasteiger partial charge >= 0.3 is 5.69 Å². The van der Waals surface area contributed by atoms with Crippen LogP contribution in [-0.4, -0.2) is 24.7 Å². The van der Waals surface area contributed by atoms with Crippen LogP contribution in [0.2, 0.25) is 0 Å². The van der Waals surface area contributed by atoms with Crippen molar-refractivity contribution in [1.29, 1.82) is 0 Å². The molecule has 7 nitrogen and oxygen atoms in total. The van der Waals surface area contributed by atoms with Crippen molar-refractivity contribution >= 4 is 17.1 Å². The molecule has 0 unspecified atom stereocenters. The zero-order valence-corrected chi connectivity index (χ0v) is 16.7. The standard InChI is InChI=1S/C21H27N5O2/c1-14-9-11-15(12-10-14)13-26-17-18(24(2)21(28)25(3)19(17)27)23-20(26)22-16-7-5-4-6-8-16/h9-12,16H,4-8,13H2,1-3H3,(H,22,23). The molecule has 0 aliphatic heterocycles. The number of nitrogens with zero attached hydrogens (tertiary/aromatic N) is 4. The summed E-state index contributed by atoms with van der Waals surface area (Å²) in [5, 5.41) is 3.55. The van der Waals surface area contributed by atoms with Crippen LogP contribution in [0, 0.1) is 6.92 Å². The Bertz CT molecular complexity index is 1110. The average Bonchev–Trinajstić information content (AvgIpc) is 3.05. The summed E-state index contributed by atoms with van der Waals surface area (Å²) >= 11 is 0. The first-order valence-electron chi connectivity index (χ1n) is 9.94. The molecule has 0 bridgehead atoms. The highest BCUT2D eigenvalue weighted by Crippen LogP contribution is 2.24. The molecule has 1 aliphatic rings. The maximum Gasteiger partial charge on any atom is 0.332 e. The maximum atomic E-state index is 12.9. The topological polar surface area (TPSA) is 73.8 Å². The van der Waals surface area contributed by atoms with E-state index in [4.69, 9.17) is 0 Å². The van der Waals surface area contributed by atoms with Crippen LogP contribution in [0.5, 0.6) is 0 Å². The molecule has 0 radical (unpaired) electrons. The average molecular weight is 381 g/mol. The quantitative estimate of drug-likeness (QED) is 0.754. The summed E-state index contributed by atoms with van der Waals surface area (Å²) in [5.74, 6) is 0.667. The second-order valence-electron chi connectivity index (χ2n) is 7.86. The monoisotopic (exact) mass is 381 g/mol. The van der Waals surface area contributed by atoms with Crippen LogP contribution in [-0.2, 0) is 20.6 Å². The second kappa shape index (κ2) is 7.30. The molecule has 1 saturated carbocycles. The lowest BCUT2D eigenvalue weighted by Gasteiger charge is -2.23. The molecular formula is C21H27N5O2. The molecule has 1 fully saturated rings. The van der Waals surface area contributed by atoms with Gasteiger partial charge in [-0.25, -0.2) is 4.79 Å². The van der Waals surface area contributed by atoms with E-state index in [-0.39, 0.29) is 11.2 Å². The van der Waals surface area contributed by atoms with Crippen LogP contribution in [0.1, 0.15) is 43.2 Å². The molecule has 3 aromatic rings. The summed E-state index contributed by atoms with van der Waals surface area (Å²) in [6.45, 7) is 2.58. The highest BCUT2D eigenvalue weighted by Gasteiger charge is 2.22. The SMILES string of the molecule is Cc1ccc(Cn2c(NC3CCCCC3)nc3c2c(=O)n(C)c(=O)n3C)cc1. The third-order valence-corrected chi connectivity index (χ3v) is 5.75. The van der Waals surface area contributed by atoms with E-state index in [2.05, 4.69) is 41.5 Å². The van der Waals surface area contributed by atoms with Gasteiger partial charge in [0.2, 0.25) is 5.95 Å². The number of anilines is 1. The molecule has 2 aromatic heterocycles. The number of aryl methyl sites for hydroxylation is 2. The lowest BCUT2D eigenvalue weighted by Crippen LogP contribution is -2.37. The maximum absolute atomic E-state index is 12.9. The summed E-state index contributed by atoms with van der Waals surface area (Å²) in [6, 6.07) is 8.62. The zero-order valence-electron chi connectivity index (χ0n) is 16.7. The van der Waals surface area contributed by atoms with Gasteiger partial charge in [0.25, 0.3) is 5.56 Å². The van der Waals surface area contributed by atoms with E-state index >= 15 is 0 Å². The fourth-order valence-electron chi connectivity index (χ4n) is 4.02. The molecule has 0 spiro atoms. The minimum atomic E-state index is -0.360. The normalized spacial score (nSPS) is 15.2. The van der Waals surface area contributed by atoms with Crippen LogP contribution < -0.4 is 16.6 Å². The van der Waals surface area contributed by atoms with Gasteiger partial charge in [0, 0.05) is 20.1 Å². The Morgan fingerprint density at radius 3 is 2.39 bits per heavy atom. The van der Waals surface area contributed by atoms with Crippen LogP contribution >= 0.6 is 0 Å². The lowest BCUT2D eigenvalue weighted by atomic mass is 9.96. The fraction of sp³-hybridized carbons (Fsp3) is 0.476. The summed E-state index contributed by atoms with van der Waals surface area (Å²) in [6.07, 6.45) is 5.88. The minimum absolute atomic E-state index is 0.311. The van der Waals surface area contributed by atoms with Crippen LogP contribution in [0.3, 0.4) is 0 Å². The molecule has 1 N–H and O–H groups in total. The largest absolute Gasteiger partial charge is 0.353 e. The fourth-order valence-corrected chi connectivity index (χ4v) is 4.02. The molecule has 0 atom stereocenters. The Balaban J connectivity index is 1.87. The third-order valence-electron chi connectivity index (χ3n) is 5.75. The highest BCUT2D eigenvalue weighted by molar-refractivity contribution is 5.74. The van der Waals surface area contributed by atoms with E-state index in [1.807, 2.05) is 4.57 Å². The number of rotatable bonds is 4. The van der Waals surface area contributed by atoms with Crippen molar-refractivity contribution < 1.29 is 0 Å². The van der Waals surface area contributed by atoms with E-state index in [1.54, 1.807) is 7.05 Å². The van der Waals surface area contributed by atoms with Crippen molar-refractivity contribution in [1.82, 2.24) is 18.7 Å². The van der Waals surface area contributed by atoms with Crippen LogP contribution in [0.4, 0.5) is 5.95 Å². The molecule has 0 saturated heterocycles. The number of imidazole rings is 1. The Hall–Kier alpha value is -2.83.